The van der Waals surface area contributed by atoms with E-state index < -0.39 is 0 Å². The first kappa shape index (κ1) is 9.51. The van der Waals surface area contributed by atoms with Gasteiger partial charge < -0.3 is 0 Å². The summed E-state index contributed by atoms with van der Waals surface area (Å²) in [6.07, 6.45) is 0. The van der Waals surface area contributed by atoms with Gasteiger partial charge in [0.25, 0.3) is 0 Å². The van der Waals surface area contributed by atoms with Crippen LogP contribution in [0.5, 0.6) is 0 Å². The third-order valence-corrected chi connectivity index (χ3v) is 8.51. The van der Waals surface area contributed by atoms with Gasteiger partial charge in [-0.15, -0.1) is 0 Å². The van der Waals surface area contributed by atoms with Gasteiger partial charge in [0.2, 0.25) is 0 Å². The molecule has 0 aromatic carbocycles. The molecule has 0 radical (unpaired) electrons. The molecule has 2 heterocycles. The molecular weight excluding hydrogens is 414 g/mol. The van der Waals surface area contributed by atoms with Crippen molar-refractivity contribution in [2.45, 2.75) is 0 Å². The van der Waals surface area contributed by atoms with Crippen LogP contribution in [0.2, 0.25) is 0 Å². The fourth-order valence-corrected chi connectivity index (χ4v) is 8.07. The van der Waals surface area contributed by atoms with E-state index in [1.807, 2.05) is 0 Å². The Morgan fingerprint density at radius 2 is 1.25 bits per heavy atom. The molecule has 0 atom stereocenters. The van der Waals surface area contributed by atoms with Gasteiger partial charge in [-0.3, -0.25) is 0 Å². The third kappa shape index (κ3) is 1.74. The zero-order chi connectivity index (χ0) is 8.55. The van der Waals surface area contributed by atoms with E-state index in [1.54, 1.807) is 0 Å². The maximum absolute atomic E-state index is 3.58. The molecule has 0 amide bonds. The molecule has 2 aromatic heterocycles. The molecule has 0 aliphatic carbocycles. The standard InChI is InChI=1S/C8H4Br2Se2/c9-5-1-3-11-7(5)8-6(10)2-4-12-8/h1-4H. The summed E-state index contributed by atoms with van der Waals surface area (Å²) in [6.45, 7) is 0. The van der Waals surface area contributed by atoms with Crippen molar-refractivity contribution in [3.05, 3.63) is 31.0 Å². The van der Waals surface area contributed by atoms with Crippen LogP contribution in [0.3, 0.4) is 0 Å². The summed E-state index contributed by atoms with van der Waals surface area (Å²) in [4.78, 5) is 4.52. The average Bonchev–Trinajstić information content (AvgIpc) is 2.59. The van der Waals surface area contributed by atoms with Crippen LogP contribution < -0.4 is 0 Å². The van der Waals surface area contributed by atoms with Crippen LogP contribution in [0.25, 0.3) is 8.87 Å². The Hall–Kier alpha value is 0.959. The summed E-state index contributed by atoms with van der Waals surface area (Å²) < 4.78 is 5.58. The van der Waals surface area contributed by atoms with Gasteiger partial charge >= 0.3 is 101 Å². The van der Waals surface area contributed by atoms with Gasteiger partial charge in [-0.2, -0.15) is 0 Å². The molecule has 0 aliphatic heterocycles. The predicted molar refractivity (Wildman–Crippen MR) is 61.2 cm³/mol. The second-order valence-corrected chi connectivity index (χ2v) is 7.75. The molecule has 0 N–H and O–H groups in total. The maximum atomic E-state index is 3.58. The van der Waals surface area contributed by atoms with Crippen molar-refractivity contribution in [3.63, 3.8) is 0 Å². The van der Waals surface area contributed by atoms with Gasteiger partial charge in [0, 0.05) is 0 Å². The molecule has 0 aliphatic rings. The second kappa shape index (κ2) is 4.00. The summed E-state index contributed by atoms with van der Waals surface area (Å²) >= 11 is 8.24. The molecule has 0 saturated heterocycles. The van der Waals surface area contributed by atoms with Crippen molar-refractivity contribution in [2.24, 2.45) is 0 Å². The van der Waals surface area contributed by atoms with Crippen LogP contribution >= 0.6 is 31.9 Å². The summed E-state index contributed by atoms with van der Waals surface area (Å²) in [5.41, 5.74) is 0. The molecular formula is C8H4Br2Se2. The van der Waals surface area contributed by atoms with Gasteiger partial charge in [0.15, 0.2) is 0 Å². The van der Waals surface area contributed by atoms with Crippen molar-refractivity contribution in [1.29, 1.82) is 0 Å². The van der Waals surface area contributed by atoms with Gasteiger partial charge in [0.05, 0.1) is 0 Å². The Balaban J connectivity index is 2.57. The summed E-state index contributed by atoms with van der Waals surface area (Å²) in [7, 11) is 0. The Morgan fingerprint density at radius 3 is 1.50 bits per heavy atom. The first-order valence-electron chi connectivity index (χ1n) is 3.25. The van der Waals surface area contributed by atoms with E-state index in [4.69, 9.17) is 0 Å². The fraction of sp³-hybridized carbons (Fsp3) is 0. The zero-order valence-electron chi connectivity index (χ0n) is 5.88. The van der Waals surface area contributed by atoms with Gasteiger partial charge in [-0.25, -0.2) is 0 Å². The minimum absolute atomic E-state index is 0.543. The predicted octanol–water partition coefficient (Wildman–Crippen LogP) is 2.99. The Kier molecular flexibility index (Phi) is 3.17. The molecule has 0 nitrogen and oxygen atoms in total. The molecule has 0 saturated carbocycles. The quantitative estimate of drug-likeness (QED) is 0.626. The van der Waals surface area contributed by atoms with Crippen LogP contribution in [0, 0.1) is 0 Å². The topological polar surface area (TPSA) is 0 Å². The van der Waals surface area contributed by atoms with Crippen LogP contribution in [-0.4, -0.2) is 29.0 Å². The molecule has 0 unspecified atom stereocenters. The van der Waals surface area contributed by atoms with E-state index in [2.05, 4.69) is 53.9 Å². The summed E-state index contributed by atoms with van der Waals surface area (Å²) in [5.74, 6) is 0. The van der Waals surface area contributed by atoms with Gasteiger partial charge in [-0.1, -0.05) is 0 Å². The summed E-state index contributed by atoms with van der Waals surface area (Å²) in [6, 6.07) is 4.33. The molecule has 12 heavy (non-hydrogen) atoms. The Labute approximate surface area is 99.7 Å². The van der Waals surface area contributed by atoms with Crippen molar-refractivity contribution in [3.8, 4) is 8.87 Å². The molecule has 2 aromatic rings. The molecule has 62 valence electrons. The summed E-state index contributed by atoms with van der Waals surface area (Å²) in [5, 5.41) is 0. The van der Waals surface area contributed by atoms with Crippen molar-refractivity contribution in [1.82, 2.24) is 0 Å². The molecule has 0 fully saturated rings. The average molecular weight is 418 g/mol. The van der Waals surface area contributed by atoms with Crippen molar-refractivity contribution >= 4 is 60.9 Å². The third-order valence-electron chi connectivity index (χ3n) is 1.44. The molecule has 0 spiro atoms. The number of hydrogen-bond acceptors (Lipinski definition) is 0. The van der Waals surface area contributed by atoms with Crippen LogP contribution in [0.1, 0.15) is 0 Å². The molecule has 0 bridgehead atoms. The Morgan fingerprint density at radius 1 is 0.833 bits per heavy atom. The van der Waals surface area contributed by atoms with E-state index in [0.717, 1.165) is 0 Å². The van der Waals surface area contributed by atoms with Gasteiger partial charge in [0.1, 0.15) is 0 Å². The first-order valence-corrected chi connectivity index (χ1v) is 8.53. The van der Waals surface area contributed by atoms with Crippen molar-refractivity contribution in [2.75, 3.05) is 0 Å². The van der Waals surface area contributed by atoms with Crippen LogP contribution in [0.4, 0.5) is 0 Å². The van der Waals surface area contributed by atoms with E-state index in [-0.39, 0.29) is 0 Å². The van der Waals surface area contributed by atoms with E-state index in [9.17, 15) is 0 Å². The molecule has 2 rings (SSSR count). The van der Waals surface area contributed by atoms with E-state index in [1.165, 1.54) is 17.8 Å². The van der Waals surface area contributed by atoms with Crippen LogP contribution in [-0.2, 0) is 0 Å². The zero-order valence-corrected chi connectivity index (χ0v) is 12.5. The normalized spacial score (nSPS) is 10.5. The number of halogens is 2. The van der Waals surface area contributed by atoms with Crippen molar-refractivity contribution < 1.29 is 0 Å². The fourth-order valence-electron chi connectivity index (χ4n) is 0.912. The van der Waals surface area contributed by atoms with E-state index >= 15 is 0 Å². The van der Waals surface area contributed by atoms with E-state index in [0.29, 0.717) is 29.0 Å². The number of hydrogen-bond donors (Lipinski definition) is 0. The van der Waals surface area contributed by atoms with Gasteiger partial charge in [-0.05, 0) is 0 Å². The molecule has 4 heteroatoms. The monoisotopic (exact) mass is 418 g/mol. The number of rotatable bonds is 1. The first-order chi connectivity index (χ1) is 5.79. The van der Waals surface area contributed by atoms with Crippen LogP contribution in [0.15, 0.2) is 31.0 Å². The minimum atomic E-state index is 0.543. The Bertz CT molecular complexity index is 351. The SMILES string of the molecule is Brc1cc[se]c1-c1[se]ccc1Br. The second-order valence-electron chi connectivity index (χ2n) is 2.20.